The second-order valence-corrected chi connectivity index (χ2v) is 6.48. The summed E-state index contributed by atoms with van der Waals surface area (Å²) in [4.78, 5) is 11.8. The average molecular weight is 294 g/mol. The van der Waals surface area contributed by atoms with Crippen molar-refractivity contribution in [2.24, 2.45) is 0 Å². The van der Waals surface area contributed by atoms with Crippen LogP contribution in [-0.2, 0) is 20.3 Å². The number of carbonyl (C=O) groups excluding carboxylic acids is 1. The van der Waals surface area contributed by atoms with E-state index in [0.29, 0.717) is 13.0 Å². The number of halogens is 1. The molecule has 0 aromatic carbocycles. The summed E-state index contributed by atoms with van der Waals surface area (Å²) in [6.45, 7) is 5.92. The molecule has 1 aromatic rings. The Hall–Kier alpha value is -1.01. The van der Waals surface area contributed by atoms with E-state index in [1.54, 1.807) is 13.8 Å². The van der Waals surface area contributed by atoms with E-state index in [4.69, 9.17) is 15.4 Å². The lowest BCUT2D eigenvalue weighted by atomic mass is 10.3. The van der Waals surface area contributed by atoms with Gasteiger partial charge in [-0.3, -0.25) is 0 Å². The molecule has 1 heterocycles. The minimum atomic E-state index is -3.84. The molecule has 0 aliphatic heterocycles. The Kier molecular flexibility index (Phi) is 4.81. The predicted octanol–water partition coefficient (Wildman–Crippen LogP) is 2.39. The van der Waals surface area contributed by atoms with Crippen LogP contribution in [-0.4, -0.2) is 25.1 Å². The summed E-state index contributed by atoms with van der Waals surface area (Å²) in [7, 11) is 1.41. The molecule has 1 unspecified atom stereocenters. The van der Waals surface area contributed by atoms with Crippen LogP contribution in [0.5, 0.6) is 0 Å². The van der Waals surface area contributed by atoms with Crippen molar-refractivity contribution in [2.45, 2.75) is 44.7 Å². The van der Waals surface area contributed by atoms with Crippen LogP contribution < -0.4 is 0 Å². The van der Waals surface area contributed by atoms with Gasteiger partial charge in [0.1, 0.15) is 10.6 Å². The van der Waals surface area contributed by atoms with Crippen molar-refractivity contribution in [1.29, 1.82) is 0 Å². The Morgan fingerprint density at radius 1 is 1.50 bits per heavy atom. The van der Waals surface area contributed by atoms with Gasteiger partial charge in [-0.05, 0) is 26.3 Å². The van der Waals surface area contributed by atoms with Crippen LogP contribution in [0.25, 0.3) is 0 Å². The highest BCUT2D eigenvalue weighted by Gasteiger charge is 2.21. The molecule has 1 rings (SSSR count). The monoisotopic (exact) mass is 293 g/mol. The second-order valence-electron chi connectivity index (χ2n) is 3.91. The normalized spacial score (nSPS) is 13.3. The molecule has 0 saturated carbocycles. The molecular weight excluding hydrogens is 278 g/mol. The molecule has 0 N–H and O–H groups in total. The van der Waals surface area contributed by atoms with E-state index < -0.39 is 15.0 Å². The molecule has 0 amide bonds. The number of rotatable bonds is 5. The Labute approximate surface area is 111 Å². The van der Waals surface area contributed by atoms with Crippen molar-refractivity contribution in [1.82, 2.24) is 4.57 Å². The van der Waals surface area contributed by atoms with Crippen LogP contribution in [0.15, 0.2) is 17.2 Å². The average Bonchev–Trinajstić information content (AvgIpc) is 2.72. The van der Waals surface area contributed by atoms with E-state index in [2.05, 4.69) is 0 Å². The van der Waals surface area contributed by atoms with Crippen molar-refractivity contribution in [3.05, 3.63) is 18.0 Å². The van der Waals surface area contributed by atoms with Gasteiger partial charge in [-0.15, -0.1) is 0 Å². The van der Waals surface area contributed by atoms with Gasteiger partial charge in [0.05, 0.1) is 6.10 Å². The molecule has 0 aliphatic rings. The molecule has 0 fully saturated rings. The molecule has 1 atom stereocenters. The van der Waals surface area contributed by atoms with Gasteiger partial charge >= 0.3 is 5.97 Å². The highest BCUT2D eigenvalue weighted by Crippen LogP contribution is 2.19. The van der Waals surface area contributed by atoms with Gasteiger partial charge in [-0.1, -0.05) is 6.92 Å². The molecule has 5 nitrogen and oxygen atoms in total. The third-order valence-corrected chi connectivity index (χ3v) is 3.91. The van der Waals surface area contributed by atoms with E-state index in [1.165, 1.54) is 16.8 Å². The number of hydrogen-bond donors (Lipinski definition) is 0. The lowest BCUT2D eigenvalue weighted by molar-refractivity contribution is 0.0322. The van der Waals surface area contributed by atoms with Gasteiger partial charge in [0.2, 0.25) is 0 Å². The Balaban J connectivity index is 3.08. The fourth-order valence-corrected chi connectivity index (χ4v) is 2.13. The van der Waals surface area contributed by atoms with Crippen molar-refractivity contribution in [3.8, 4) is 0 Å². The van der Waals surface area contributed by atoms with Gasteiger partial charge in [0, 0.05) is 23.4 Å². The zero-order chi connectivity index (χ0) is 13.9. The fourth-order valence-electron chi connectivity index (χ4n) is 1.38. The first kappa shape index (κ1) is 15.0. The van der Waals surface area contributed by atoms with Crippen molar-refractivity contribution in [3.63, 3.8) is 0 Å². The lowest BCUT2D eigenvalue weighted by Gasteiger charge is -2.11. The molecule has 0 bridgehead atoms. The number of nitrogens with zero attached hydrogens (tertiary/aromatic N) is 1. The van der Waals surface area contributed by atoms with Crippen LogP contribution in [0, 0.1) is 0 Å². The Bertz CT molecular complexity index is 535. The van der Waals surface area contributed by atoms with E-state index in [0.717, 1.165) is 0 Å². The topological polar surface area (TPSA) is 65.4 Å². The second kappa shape index (κ2) is 5.75. The number of esters is 1. The fraction of sp³-hybridized carbons (Fsp3) is 0.545. The zero-order valence-electron chi connectivity index (χ0n) is 10.5. The van der Waals surface area contributed by atoms with E-state index in [1.807, 2.05) is 6.92 Å². The SMILES string of the molecule is CCC(C)OC(=O)c1cc(S(=O)(=O)Cl)cn1CC. The van der Waals surface area contributed by atoms with Crippen LogP contribution in [0.4, 0.5) is 0 Å². The van der Waals surface area contributed by atoms with Crippen molar-refractivity contribution < 1.29 is 17.9 Å². The van der Waals surface area contributed by atoms with Crippen molar-refractivity contribution >= 4 is 25.7 Å². The molecule has 1 aromatic heterocycles. The molecule has 0 aliphatic carbocycles. The van der Waals surface area contributed by atoms with Gasteiger partial charge in [0.15, 0.2) is 0 Å². The number of carbonyl (C=O) groups is 1. The van der Waals surface area contributed by atoms with E-state index in [-0.39, 0.29) is 16.7 Å². The summed E-state index contributed by atoms with van der Waals surface area (Å²) in [6, 6.07) is 1.23. The highest BCUT2D eigenvalue weighted by atomic mass is 35.7. The number of ether oxygens (including phenoxy) is 1. The number of aryl methyl sites for hydroxylation is 1. The maximum absolute atomic E-state index is 11.9. The van der Waals surface area contributed by atoms with Crippen LogP contribution in [0.1, 0.15) is 37.7 Å². The number of aromatic nitrogens is 1. The highest BCUT2D eigenvalue weighted by molar-refractivity contribution is 8.13. The molecule has 0 spiro atoms. The smallest absolute Gasteiger partial charge is 0.355 e. The van der Waals surface area contributed by atoms with Crippen LogP contribution in [0.3, 0.4) is 0 Å². The maximum Gasteiger partial charge on any atom is 0.355 e. The first-order chi connectivity index (χ1) is 8.29. The summed E-state index contributed by atoms with van der Waals surface area (Å²) < 4.78 is 29.1. The molecule has 0 radical (unpaired) electrons. The zero-order valence-corrected chi connectivity index (χ0v) is 12.1. The number of hydrogen-bond acceptors (Lipinski definition) is 4. The third-order valence-electron chi connectivity index (χ3n) is 2.59. The van der Waals surface area contributed by atoms with Gasteiger partial charge in [-0.25, -0.2) is 13.2 Å². The van der Waals surface area contributed by atoms with E-state index >= 15 is 0 Å². The summed E-state index contributed by atoms with van der Waals surface area (Å²) in [5.41, 5.74) is 0.192. The Morgan fingerprint density at radius 3 is 2.56 bits per heavy atom. The summed E-state index contributed by atoms with van der Waals surface area (Å²) in [6.07, 6.45) is 1.81. The molecular formula is C11H16ClNO4S. The van der Waals surface area contributed by atoms with Gasteiger partial charge in [0.25, 0.3) is 9.05 Å². The maximum atomic E-state index is 11.9. The first-order valence-corrected chi connectivity index (χ1v) is 7.96. The standard InChI is InChI=1S/C11H16ClNO4S/c1-4-8(3)17-11(14)10-6-9(18(12,15)16)7-13(10)5-2/h6-8H,4-5H2,1-3H3. The van der Waals surface area contributed by atoms with Gasteiger partial charge < -0.3 is 9.30 Å². The molecule has 18 heavy (non-hydrogen) atoms. The summed E-state index contributed by atoms with van der Waals surface area (Å²) in [5, 5.41) is 0. The minimum Gasteiger partial charge on any atom is -0.458 e. The van der Waals surface area contributed by atoms with E-state index in [9.17, 15) is 13.2 Å². The quantitative estimate of drug-likeness (QED) is 0.617. The van der Waals surface area contributed by atoms with Crippen LogP contribution in [0.2, 0.25) is 0 Å². The van der Waals surface area contributed by atoms with Gasteiger partial charge in [-0.2, -0.15) is 0 Å². The molecule has 0 saturated heterocycles. The predicted molar refractivity (Wildman–Crippen MR) is 68.3 cm³/mol. The largest absolute Gasteiger partial charge is 0.458 e. The Morgan fingerprint density at radius 2 is 2.11 bits per heavy atom. The molecule has 7 heteroatoms. The molecule has 102 valence electrons. The third kappa shape index (κ3) is 3.49. The first-order valence-electron chi connectivity index (χ1n) is 5.65. The summed E-state index contributed by atoms with van der Waals surface area (Å²) in [5.74, 6) is -0.544. The lowest BCUT2D eigenvalue weighted by Crippen LogP contribution is -2.17. The van der Waals surface area contributed by atoms with Crippen molar-refractivity contribution in [2.75, 3.05) is 0 Å². The van der Waals surface area contributed by atoms with Crippen LogP contribution >= 0.6 is 10.7 Å². The summed E-state index contributed by atoms with van der Waals surface area (Å²) >= 11 is 0. The minimum absolute atomic E-state index is 0.0953.